The van der Waals surface area contributed by atoms with E-state index in [2.05, 4.69) is 17.0 Å². The van der Waals surface area contributed by atoms with Crippen LogP contribution in [0.4, 0.5) is 0 Å². The van der Waals surface area contributed by atoms with E-state index in [9.17, 15) is 8.42 Å². The quantitative estimate of drug-likeness (QED) is 0.724. The van der Waals surface area contributed by atoms with Gasteiger partial charge in [-0.1, -0.05) is 13.0 Å². The van der Waals surface area contributed by atoms with E-state index in [1.54, 1.807) is 17.4 Å². The third-order valence-corrected chi connectivity index (χ3v) is 6.98. The molecule has 0 aliphatic heterocycles. The zero-order chi connectivity index (χ0) is 15.3. The van der Waals surface area contributed by atoms with Crippen molar-refractivity contribution in [3.8, 4) is 0 Å². The lowest BCUT2D eigenvalue weighted by Gasteiger charge is -2.03. The first kappa shape index (κ1) is 16.6. The van der Waals surface area contributed by atoms with Crippen LogP contribution in [0.5, 0.6) is 0 Å². The minimum Gasteiger partial charge on any atom is -0.312 e. The average Bonchev–Trinajstić information content (AvgIpc) is 3.07. The standard InChI is InChI=1S/C14H20N2O2S3/c1-3-6-15-10-13-11(2)8-14(20-13)21(17,18)16-9-12-5-4-7-19-12/h4-5,7-8,15-16H,3,6,9-10H2,1-2H3. The summed E-state index contributed by atoms with van der Waals surface area (Å²) in [6, 6.07) is 5.60. The molecule has 2 aromatic rings. The zero-order valence-corrected chi connectivity index (χ0v) is 14.6. The van der Waals surface area contributed by atoms with Crippen LogP contribution in [0.25, 0.3) is 0 Å². The van der Waals surface area contributed by atoms with E-state index in [0.29, 0.717) is 10.8 Å². The fourth-order valence-corrected chi connectivity index (χ4v) is 5.17. The first-order chi connectivity index (χ1) is 10.0. The largest absolute Gasteiger partial charge is 0.312 e. The van der Waals surface area contributed by atoms with Crippen molar-refractivity contribution in [2.24, 2.45) is 0 Å². The number of hydrogen-bond donors (Lipinski definition) is 2. The predicted octanol–water partition coefficient (Wildman–Crippen LogP) is 3.10. The number of aryl methyl sites for hydroxylation is 1. The average molecular weight is 345 g/mol. The fourth-order valence-electron chi connectivity index (χ4n) is 1.83. The second-order valence-electron chi connectivity index (χ2n) is 4.75. The second-order valence-corrected chi connectivity index (χ2v) is 8.92. The van der Waals surface area contributed by atoms with Gasteiger partial charge < -0.3 is 5.32 Å². The molecule has 0 bridgehead atoms. The molecule has 0 radical (unpaired) electrons. The summed E-state index contributed by atoms with van der Waals surface area (Å²) in [4.78, 5) is 2.09. The molecule has 0 spiro atoms. The van der Waals surface area contributed by atoms with Crippen LogP contribution < -0.4 is 10.0 Å². The molecule has 0 aliphatic rings. The van der Waals surface area contributed by atoms with Crippen LogP contribution in [0.1, 0.15) is 28.7 Å². The van der Waals surface area contributed by atoms with Crippen molar-refractivity contribution in [1.29, 1.82) is 0 Å². The van der Waals surface area contributed by atoms with Crippen molar-refractivity contribution in [2.45, 2.75) is 37.6 Å². The van der Waals surface area contributed by atoms with Crippen molar-refractivity contribution < 1.29 is 8.42 Å². The molecule has 2 N–H and O–H groups in total. The Balaban J connectivity index is 2.04. The molecular formula is C14H20N2O2S3. The molecule has 0 saturated carbocycles. The number of hydrogen-bond acceptors (Lipinski definition) is 5. The lowest BCUT2D eigenvalue weighted by atomic mass is 10.3. The van der Waals surface area contributed by atoms with Gasteiger partial charge in [0.05, 0.1) is 0 Å². The highest BCUT2D eigenvalue weighted by atomic mass is 32.2. The van der Waals surface area contributed by atoms with Crippen LogP contribution in [0.3, 0.4) is 0 Å². The Kier molecular flexibility index (Phi) is 5.95. The molecule has 2 rings (SSSR count). The van der Waals surface area contributed by atoms with Crippen molar-refractivity contribution in [1.82, 2.24) is 10.0 Å². The highest BCUT2D eigenvalue weighted by Gasteiger charge is 2.18. The molecule has 0 fully saturated rings. The third-order valence-electron chi connectivity index (χ3n) is 2.99. The molecule has 21 heavy (non-hydrogen) atoms. The van der Waals surface area contributed by atoms with Crippen LogP contribution in [0.2, 0.25) is 0 Å². The van der Waals surface area contributed by atoms with E-state index in [0.717, 1.165) is 34.8 Å². The first-order valence-corrected chi connectivity index (χ1v) is 10.0. The van der Waals surface area contributed by atoms with E-state index < -0.39 is 10.0 Å². The van der Waals surface area contributed by atoms with Crippen molar-refractivity contribution >= 4 is 32.7 Å². The van der Waals surface area contributed by atoms with Gasteiger partial charge in [-0.25, -0.2) is 13.1 Å². The SMILES string of the molecule is CCCNCc1sc(S(=O)(=O)NCc2cccs2)cc1C. The van der Waals surface area contributed by atoms with Gasteiger partial charge in [-0.15, -0.1) is 22.7 Å². The number of thiophene rings is 2. The maximum atomic E-state index is 12.3. The monoisotopic (exact) mass is 344 g/mol. The van der Waals surface area contributed by atoms with Gasteiger partial charge in [0, 0.05) is 22.8 Å². The van der Waals surface area contributed by atoms with Crippen molar-refractivity contribution in [3.63, 3.8) is 0 Å². The van der Waals surface area contributed by atoms with Gasteiger partial charge in [0.15, 0.2) is 0 Å². The summed E-state index contributed by atoms with van der Waals surface area (Å²) >= 11 is 2.89. The Morgan fingerprint density at radius 2 is 2.10 bits per heavy atom. The molecule has 0 aromatic carbocycles. The second kappa shape index (κ2) is 7.51. The first-order valence-electron chi connectivity index (χ1n) is 6.85. The van der Waals surface area contributed by atoms with Crippen LogP contribution >= 0.6 is 22.7 Å². The Hall–Kier alpha value is -0.730. The molecule has 0 amide bonds. The summed E-state index contributed by atoms with van der Waals surface area (Å²) in [6.45, 7) is 6.08. The summed E-state index contributed by atoms with van der Waals surface area (Å²) in [5.41, 5.74) is 1.03. The maximum Gasteiger partial charge on any atom is 0.250 e. The Morgan fingerprint density at radius 1 is 1.29 bits per heavy atom. The predicted molar refractivity (Wildman–Crippen MR) is 89.4 cm³/mol. The summed E-state index contributed by atoms with van der Waals surface area (Å²) in [5, 5.41) is 5.25. The zero-order valence-electron chi connectivity index (χ0n) is 12.2. The summed E-state index contributed by atoms with van der Waals surface area (Å²) < 4.78 is 27.7. The minimum atomic E-state index is -3.42. The van der Waals surface area contributed by atoms with Gasteiger partial charge in [0.1, 0.15) is 4.21 Å². The van der Waals surface area contributed by atoms with Crippen LogP contribution in [-0.2, 0) is 23.1 Å². The smallest absolute Gasteiger partial charge is 0.250 e. The van der Waals surface area contributed by atoms with Gasteiger partial charge in [-0.3, -0.25) is 0 Å². The Labute approximate surface area is 134 Å². The van der Waals surface area contributed by atoms with E-state index in [4.69, 9.17) is 0 Å². The molecule has 116 valence electrons. The lowest BCUT2D eigenvalue weighted by Crippen LogP contribution is -2.21. The molecule has 2 heterocycles. The summed E-state index contributed by atoms with van der Waals surface area (Å²) in [6.07, 6.45) is 1.07. The lowest BCUT2D eigenvalue weighted by molar-refractivity contribution is 0.584. The van der Waals surface area contributed by atoms with Gasteiger partial charge in [-0.2, -0.15) is 0 Å². The topological polar surface area (TPSA) is 58.2 Å². The molecule has 0 saturated heterocycles. The van der Waals surface area contributed by atoms with Gasteiger partial charge in [0.25, 0.3) is 0 Å². The highest BCUT2D eigenvalue weighted by molar-refractivity contribution is 7.91. The van der Waals surface area contributed by atoms with Crippen LogP contribution in [0.15, 0.2) is 27.8 Å². The molecule has 7 heteroatoms. The minimum absolute atomic E-state index is 0.348. The fraction of sp³-hybridized carbons (Fsp3) is 0.429. The molecule has 0 atom stereocenters. The molecule has 4 nitrogen and oxygen atoms in total. The van der Waals surface area contributed by atoms with Crippen LogP contribution in [0, 0.1) is 6.92 Å². The molecular weight excluding hydrogens is 324 g/mol. The molecule has 0 unspecified atom stereocenters. The van der Waals surface area contributed by atoms with Gasteiger partial charge in [-0.05, 0) is 43.0 Å². The number of sulfonamides is 1. The van der Waals surface area contributed by atoms with E-state index in [1.807, 2.05) is 24.4 Å². The van der Waals surface area contributed by atoms with E-state index in [-0.39, 0.29) is 0 Å². The maximum absolute atomic E-state index is 12.3. The van der Waals surface area contributed by atoms with Crippen molar-refractivity contribution in [2.75, 3.05) is 6.54 Å². The summed E-state index contributed by atoms with van der Waals surface area (Å²) in [5.74, 6) is 0. The van der Waals surface area contributed by atoms with Gasteiger partial charge >= 0.3 is 0 Å². The van der Waals surface area contributed by atoms with Crippen molar-refractivity contribution in [3.05, 3.63) is 38.9 Å². The molecule has 2 aromatic heterocycles. The van der Waals surface area contributed by atoms with E-state index >= 15 is 0 Å². The number of nitrogens with one attached hydrogen (secondary N) is 2. The molecule has 0 aliphatic carbocycles. The number of rotatable bonds is 8. The summed E-state index contributed by atoms with van der Waals surface area (Å²) in [7, 11) is -3.42. The van der Waals surface area contributed by atoms with E-state index in [1.165, 1.54) is 11.3 Å². The normalized spacial score (nSPS) is 11.9. The van der Waals surface area contributed by atoms with Crippen LogP contribution in [-0.4, -0.2) is 15.0 Å². The highest BCUT2D eigenvalue weighted by Crippen LogP contribution is 2.26. The Morgan fingerprint density at radius 3 is 2.76 bits per heavy atom. The Bertz CT molecular complexity index is 660. The van der Waals surface area contributed by atoms with Gasteiger partial charge in [0.2, 0.25) is 10.0 Å². The third kappa shape index (κ3) is 4.62.